The standard InChI is InChI=1S/C13H22N2O3S/c1-10-5-6-13(7-12(10)9-16)19(17,18)14-11(2)8-15(3)4/h5-7,11,14,16H,8-9H2,1-4H3. The van der Waals surface area contributed by atoms with Crippen LogP contribution in [-0.2, 0) is 16.6 Å². The summed E-state index contributed by atoms with van der Waals surface area (Å²) in [4.78, 5) is 2.11. The molecule has 0 heterocycles. The van der Waals surface area contributed by atoms with E-state index in [1.165, 1.54) is 6.07 Å². The highest BCUT2D eigenvalue weighted by Gasteiger charge is 2.18. The van der Waals surface area contributed by atoms with Gasteiger partial charge in [-0.3, -0.25) is 0 Å². The number of rotatable bonds is 6. The molecule has 0 aliphatic carbocycles. The molecule has 1 aromatic rings. The maximum atomic E-state index is 12.2. The molecule has 0 aromatic heterocycles. The summed E-state index contributed by atoms with van der Waals surface area (Å²) in [7, 11) is 0.237. The van der Waals surface area contributed by atoms with Gasteiger partial charge in [0.2, 0.25) is 10.0 Å². The Morgan fingerprint density at radius 1 is 1.37 bits per heavy atom. The van der Waals surface area contributed by atoms with Gasteiger partial charge in [-0.05, 0) is 51.2 Å². The summed E-state index contributed by atoms with van der Waals surface area (Å²) in [6.07, 6.45) is 0. The molecule has 6 heteroatoms. The third kappa shape index (κ3) is 4.58. The average Bonchev–Trinajstić information content (AvgIpc) is 2.27. The number of hydrogen-bond acceptors (Lipinski definition) is 4. The zero-order valence-electron chi connectivity index (χ0n) is 11.8. The van der Waals surface area contributed by atoms with E-state index in [1.54, 1.807) is 12.1 Å². The molecule has 0 bridgehead atoms. The summed E-state index contributed by atoms with van der Waals surface area (Å²) in [6, 6.07) is 4.59. The maximum Gasteiger partial charge on any atom is 0.240 e. The topological polar surface area (TPSA) is 69.6 Å². The molecule has 19 heavy (non-hydrogen) atoms. The number of aryl methyl sites for hydroxylation is 1. The Hall–Kier alpha value is -0.950. The number of aliphatic hydroxyl groups is 1. The number of benzene rings is 1. The van der Waals surface area contributed by atoms with E-state index in [0.29, 0.717) is 12.1 Å². The smallest absolute Gasteiger partial charge is 0.240 e. The minimum atomic E-state index is -3.54. The van der Waals surface area contributed by atoms with E-state index in [9.17, 15) is 13.5 Å². The molecule has 1 unspecified atom stereocenters. The van der Waals surface area contributed by atoms with E-state index >= 15 is 0 Å². The highest BCUT2D eigenvalue weighted by Crippen LogP contribution is 2.16. The van der Waals surface area contributed by atoms with Crippen molar-refractivity contribution in [3.8, 4) is 0 Å². The van der Waals surface area contributed by atoms with Crippen molar-refractivity contribution >= 4 is 10.0 Å². The van der Waals surface area contributed by atoms with Crippen LogP contribution in [0, 0.1) is 6.92 Å². The van der Waals surface area contributed by atoms with Crippen molar-refractivity contribution < 1.29 is 13.5 Å². The van der Waals surface area contributed by atoms with Crippen molar-refractivity contribution in [3.63, 3.8) is 0 Å². The molecular weight excluding hydrogens is 264 g/mol. The van der Waals surface area contributed by atoms with Gasteiger partial charge in [-0.15, -0.1) is 0 Å². The molecule has 0 fully saturated rings. The first-order chi connectivity index (χ1) is 8.76. The minimum absolute atomic E-state index is 0.164. The molecule has 108 valence electrons. The monoisotopic (exact) mass is 286 g/mol. The van der Waals surface area contributed by atoms with Gasteiger partial charge in [0.1, 0.15) is 0 Å². The Labute approximate surface area is 115 Å². The molecule has 0 amide bonds. The predicted molar refractivity (Wildman–Crippen MR) is 75.4 cm³/mol. The number of nitrogens with one attached hydrogen (secondary N) is 1. The predicted octanol–water partition coefficient (Wildman–Crippen LogP) is 0.716. The Balaban J connectivity index is 2.94. The fourth-order valence-corrected chi connectivity index (χ4v) is 3.19. The Kier molecular flexibility index (Phi) is 5.49. The van der Waals surface area contributed by atoms with Gasteiger partial charge in [0, 0.05) is 12.6 Å². The Morgan fingerprint density at radius 2 is 2.00 bits per heavy atom. The Morgan fingerprint density at radius 3 is 2.53 bits per heavy atom. The Bertz CT molecular complexity index is 527. The number of likely N-dealkylation sites (N-methyl/N-ethyl adjacent to an activating group) is 1. The lowest BCUT2D eigenvalue weighted by Gasteiger charge is -2.18. The largest absolute Gasteiger partial charge is 0.392 e. The summed E-state index contributed by atoms with van der Waals surface area (Å²) in [5, 5.41) is 9.19. The number of hydrogen-bond donors (Lipinski definition) is 2. The summed E-state index contributed by atoms with van der Waals surface area (Å²) in [6.45, 7) is 4.11. The zero-order chi connectivity index (χ0) is 14.6. The second-order valence-electron chi connectivity index (χ2n) is 5.03. The average molecular weight is 286 g/mol. The highest BCUT2D eigenvalue weighted by molar-refractivity contribution is 7.89. The molecule has 0 saturated heterocycles. The summed E-state index contributed by atoms with van der Waals surface area (Å²) in [5.41, 5.74) is 1.51. The fraction of sp³-hybridized carbons (Fsp3) is 0.538. The molecule has 0 saturated carbocycles. The normalized spacial score (nSPS) is 13.8. The van der Waals surface area contributed by atoms with Crippen LogP contribution in [0.3, 0.4) is 0 Å². The van der Waals surface area contributed by atoms with Gasteiger partial charge in [-0.25, -0.2) is 13.1 Å². The van der Waals surface area contributed by atoms with Crippen molar-refractivity contribution in [2.75, 3.05) is 20.6 Å². The van der Waals surface area contributed by atoms with Crippen LogP contribution < -0.4 is 4.72 Å². The first-order valence-corrected chi connectivity index (χ1v) is 7.62. The van der Waals surface area contributed by atoms with Crippen molar-refractivity contribution in [2.45, 2.75) is 31.4 Å². The molecule has 0 aliphatic heterocycles. The second kappa shape index (κ2) is 6.47. The van der Waals surface area contributed by atoms with Crippen LogP contribution in [0.25, 0.3) is 0 Å². The first-order valence-electron chi connectivity index (χ1n) is 6.13. The van der Waals surface area contributed by atoms with Crippen LogP contribution >= 0.6 is 0 Å². The second-order valence-corrected chi connectivity index (χ2v) is 6.74. The summed E-state index contributed by atoms with van der Waals surface area (Å²) in [5.74, 6) is 0. The van der Waals surface area contributed by atoms with Crippen molar-refractivity contribution in [2.24, 2.45) is 0 Å². The fourth-order valence-electron chi connectivity index (χ4n) is 1.90. The van der Waals surface area contributed by atoms with Gasteiger partial charge in [-0.2, -0.15) is 0 Å². The molecule has 1 rings (SSSR count). The zero-order valence-corrected chi connectivity index (χ0v) is 12.7. The maximum absolute atomic E-state index is 12.2. The lowest BCUT2D eigenvalue weighted by Crippen LogP contribution is -2.39. The van der Waals surface area contributed by atoms with Gasteiger partial charge >= 0.3 is 0 Å². The number of aliphatic hydroxyl groups excluding tert-OH is 1. The molecule has 1 atom stereocenters. The number of sulfonamides is 1. The molecule has 1 aromatic carbocycles. The summed E-state index contributed by atoms with van der Waals surface area (Å²) < 4.78 is 27.0. The lowest BCUT2D eigenvalue weighted by molar-refractivity contribution is 0.280. The highest BCUT2D eigenvalue weighted by atomic mass is 32.2. The van der Waals surface area contributed by atoms with Crippen LogP contribution in [0.4, 0.5) is 0 Å². The van der Waals surface area contributed by atoms with Crippen molar-refractivity contribution in [1.82, 2.24) is 9.62 Å². The summed E-state index contributed by atoms with van der Waals surface area (Å²) >= 11 is 0. The van der Waals surface area contributed by atoms with E-state index in [1.807, 2.05) is 32.8 Å². The van der Waals surface area contributed by atoms with E-state index in [4.69, 9.17) is 0 Å². The van der Waals surface area contributed by atoms with Crippen LogP contribution in [-0.4, -0.2) is 45.1 Å². The van der Waals surface area contributed by atoms with Gasteiger partial charge in [0.25, 0.3) is 0 Å². The molecule has 5 nitrogen and oxygen atoms in total. The van der Waals surface area contributed by atoms with Crippen molar-refractivity contribution in [3.05, 3.63) is 29.3 Å². The molecule has 0 spiro atoms. The number of nitrogens with zero attached hydrogens (tertiary/aromatic N) is 1. The van der Waals surface area contributed by atoms with Gasteiger partial charge in [-0.1, -0.05) is 6.07 Å². The first kappa shape index (κ1) is 16.1. The van der Waals surface area contributed by atoms with E-state index in [2.05, 4.69) is 4.72 Å². The van der Waals surface area contributed by atoms with E-state index < -0.39 is 10.0 Å². The SMILES string of the molecule is Cc1ccc(S(=O)(=O)NC(C)CN(C)C)cc1CO. The molecule has 2 N–H and O–H groups in total. The quantitative estimate of drug-likeness (QED) is 0.808. The van der Waals surface area contributed by atoms with Crippen LogP contribution in [0.15, 0.2) is 23.1 Å². The van der Waals surface area contributed by atoms with E-state index in [-0.39, 0.29) is 17.5 Å². The third-order valence-corrected chi connectivity index (χ3v) is 4.38. The van der Waals surface area contributed by atoms with Gasteiger partial charge in [0.15, 0.2) is 0 Å². The third-order valence-electron chi connectivity index (χ3n) is 2.80. The minimum Gasteiger partial charge on any atom is -0.392 e. The van der Waals surface area contributed by atoms with Crippen LogP contribution in [0.5, 0.6) is 0 Å². The van der Waals surface area contributed by atoms with Crippen LogP contribution in [0.1, 0.15) is 18.1 Å². The molecule has 0 radical (unpaired) electrons. The van der Waals surface area contributed by atoms with Gasteiger partial charge in [0.05, 0.1) is 11.5 Å². The van der Waals surface area contributed by atoms with Crippen molar-refractivity contribution in [1.29, 1.82) is 0 Å². The lowest BCUT2D eigenvalue weighted by atomic mass is 10.1. The van der Waals surface area contributed by atoms with E-state index in [0.717, 1.165) is 5.56 Å². The molecular formula is C13H22N2O3S. The molecule has 0 aliphatic rings. The van der Waals surface area contributed by atoms with Crippen LogP contribution in [0.2, 0.25) is 0 Å². The van der Waals surface area contributed by atoms with Gasteiger partial charge < -0.3 is 10.0 Å².